The van der Waals surface area contributed by atoms with Crippen LogP contribution in [0.2, 0.25) is 0 Å². The van der Waals surface area contributed by atoms with Gasteiger partial charge in [-0.25, -0.2) is 0 Å². The standard InChI is InChI=1S/C20H17NO3S/c22-16(13-9-10-25-12-13)11-21-20(23)19-14-5-1-3-7-17(14)24-18-8-4-2-6-15(18)19/h1-10,12,16,19,22H,11H2,(H,21,23). The van der Waals surface area contributed by atoms with E-state index in [9.17, 15) is 9.90 Å². The molecular weight excluding hydrogens is 334 g/mol. The van der Waals surface area contributed by atoms with E-state index in [1.807, 2.05) is 65.4 Å². The lowest BCUT2D eigenvalue weighted by Crippen LogP contribution is -2.34. The number of amides is 1. The number of thiophene rings is 1. The van der Waals surface area contributed by atoms with Crippen LogP contribution in [0.15, 0.2) is 65.4 Å². The molecule has 1 unspecified atom stereocenters. The second kappa shape index (κ2) is 6.70. The number of aliphatic hydroxyl groups excluding tert-OH is 1. The highest BCUT2D eigenvalue weighted by atomic mass is 32.1. The lowest BCUT2D eigenvalue weighted by molar-refractivity contribution is -0.122. The van der Waals surface area contributed by atoms with Crippen molar-refractivity contribution in [2.75, 3.05) is 6.54 Å². The van der Waals surface area contributed by atoms with Gasteiger partial charge in [-0.15, -0.1) is 0 Å². The summed E-state index contributed by atoms with van der Waals surface area (Å²) in [6, 6.07) is 17.0. The van der Waals surface area contributed by atoms with E-state index in [2.05, 4.69) is 5.32 Å². The van der Waals surface area contributed by atoms with Crippen LogP contribution in [-0.4, -0.2) is 17.6 Å². The zero-order valence-electron chi connectivity index (χ0n) is 13.4. The number of carbonyl (C=O) groups is 1. The third-order valence-electron chi connectivity index (χ3n) is 4.34. The Bertz CT molecular complexity index is 846. The van der Waals surface area contributed by atoms with Gasteiger partial charge in [-0.05, 0) is 34.5 Å². The molecule has 0 aliphatic carbocycles. The maximum absolute atomic E-state index is 12.9. The zero-order valence-corrected chi connectivity index (χ0v) is 14.2. The van der Waals surface area contributed by atoms with Crippen molar-refractivity contribution < 1.29 is 14.6 Å². The zero-order chi connectivity index (χ0) is 17.2. The number of carbonyl (C=O) groups excluding carboxylic acids is 1. The smallest absolute Gasteiger partial charge is 0.232 e. The second-order valence-corrected chi connectivity index (χ2v) is 6.71. The summed E-state index contributed by atoms with van der Waals surface area (Å²) < 4.78 is 5.91. The number of ether oxygens (including phenoxy) is 1. The first kappa shape index (κ1) is 15.9. The molecule has 1 amide bonds. The highest BCUT2D eigenvalue weighted by molar-refractivity contribution is 7.07. The van der Waals surface area contributed by atoms with Crippen molar-refractivity contribution in [1.29, 1.82) is 0 Å². The molecule has 3 aromatic rings. The predicted molar refractivity (Wildman–Crippen MR) is 97.1 cm³/mol. The van der Waals surface area contributed by atoms with Gasteiger partial charge in [-0.2, -0.15) is 11.3 Å². The molecule has 4 nitrogen and oxygen atoms in total. The van der Waals surface area contributed by atoms with E-state index in [0.29, 0.717) is 11.5 Å². The summed E-state index contributed by atoms with van der Waals surface area (Å²) in [5.74, 6) is 0.799. The average molecular weight is 351 g/mol. The Balaban J connectivity index is 1.60. The van der Waals surface area contributed by atoms with Gasteiger partial charge in [0.1, 0.15) is 11.5 Å². The summed E-state index contributed by atoms with van der Waals surface area (Å²) >= 11 is 1.52. The molecule has 0 radical (unpaired) electrons. The minimum atomic E-state index is -0.708. The summed E-state index contributed by atoms with van der Waals surface area (Å²) in [6.07, 6.45) is -0.708. The van der Waals surface area contributed by atoms with Gasteiger partial charge in [-0.3, -0.25) is 4.79 Å². The van der Waals surface area contributed by atoms with Crippen LogP contribution < -0.4 is 10.1 Å². The van der Waals surface area contributed by atoms with Gasteiger partial charge >= 0.3 is 0 Å². The number of fused-ring (bicyclic) bond motifs is 2. The van der Waals surface area contributed by atoms with Crippen molar-refractivity contribution in [2.24, 2.45) is 0 Å². The Morgan fingerprint density at radius 3 is 2.32 bits per heavy atom. The van der Waals surface area contributed by atoms with Crippen LogP contribution in [0, 0.1) is 0 Å². The molecule has 0 saturated carbocycles. The normalized spacial score (nSPS) is 14.1. The monoisotopic (exact) mass is 351 g/mol. The lowest BCUT2D eigenvalue weighted by atomic mass is 9.87. The molecule has 0 spiro atoms. The summed E-state index contributed by atoms with van der Waals surface area (Å²) in [7, 11) is 0. The molecular formula is C20H17NO3S. The van der Waals surface area contributed by atoms with Crippen molar-refractivity contribution in [3.63, 3.8) is 0 Å². The minimum absolute atomic E-state index is 0.141. The van der Waals surface area contributed by atoms with Crippen LogP contribution in [-0.2, 0) is 4.79 Å². The number of hydrogen-bond acceptors (Lipinski definition) is 4. The number of nitrogens with one attached hydrogen (secondary N) is 1. The fraction of sp³-hybridized carbons (Fsp3) is 0.150. The Morgan fingerprint density at radius 2 is 1.72 bits per heavy atom. The first-order valence-electron chi connectivity index (χ1n) is 8.07. The van der Waals surface area contributed by atoms with Gasteiger partial charge in [0.15, 0.2) is 0 Å². The maximum Gasteiger partial charge on any atom is 0.232 e. The van der Waals surface area contributed by atoms with E-state index < -0.39 is 12.0 Å². The number of benzene rings is 2. The summed E-state index contributed by atoms with van der Waals surface area (Å²) in [5, 5.41) is 16.9. The van der Waals surface area contributed by atoms with Crippen LogP contribution in [0.3, 0.4) is 0 Å². The predicted octanol–water partition coefficient (Wildman–Crippen LogP) is 3.84. The van der Waals surface area contributed by atoms with Gasteiger partial charge in [0, 0.05) is 17.7 Å². The Kier molecular flexibility index (Phi) is 4.26. The van der Waals surface area contributed by atoms with Crippen molar-refractivity contribution in [1.82, 2.24) is 5.32 Å². The van der Waals surface area contributed by atoms with E-state index >= 15 is 0 Å². The highest BCUT2D eigenvalue weighted by Gasteiger charge is 2.32. The first-order valence-corrected chi connectivity index (χ1v) is 9.02. The molecule has 1 atom stereocenters. The van der Waals surface area contributed by atoms with Crippen molar-refractivity contribution >= 4 is 17.2 Å². The van der Waals surface area contributed by atoms with Gasteiger partial charge in [0.25, 0.3) is 0 Å². The van der Waals surface area contributed by atoms with Crippen LogP contribution in [0.4, 0.5) is 0 Å². The molecule has 0 fully saturated rings. The SMILES string of the molecule is O=C(NCC(O)c1ccsc1)C1c2ccccc2Oc2ccccc21. The molecule has 2 aromatic carbocycles. The fourth-order valence-electron chi connectivity index (χ4n) is 3.07. The van der Waals surface area contributed by atoms with E-state index in [4.69, 9.17) is 4.74 Å². The first-order chi connectivity index (χ1) is 12.2. The van der Waals surface area contributed by atoms with Crippen molar-refractivity contribution in [3.05, 3.63) is 82.0 Å². The molecule has 0 saturated heterocycles. The largest absolute Gasteiger partial charge is 0.457 e. The van der Waals surface area contributed by atoms with Gasteiger partial charge in [0.05, 0.1) is 12.0 Å². The van der Waals surface area contributed by atoms with E-state index in [-0.39, 0.29) is 12.5 Å². The molecule has 2 N–H and O–H groups in total. The maximum atomic E-state index is 12.9. The van der Waals surface area contributed by atoms with Crippen molar-refractivity contribution in [2.45, 2.75) is 12.0 Å². The third-order valence-corrected chi connectivity index (χ3v) is 5.04. The molecule has 5 heteroatoms. The Hall–Kier alpha value is -2.63. The fourth-order valence-corrected chi connectivity index (χ4v) is 3.78. The average Bonchev–Trinajstić information content (AvgIpc) is 3.18. The molecule has 25 heavy (non-hydrogen) atoms. The Labute approximate surface area is 149 Å². The number of hydrogen-bond donors (Lipinski definition) is 2. The summed E-state index contributed by atoms with van der Waals surface area (Å²) in [6.45, 7) is 0.178. The summed E-state index contributed by atoms with van der Waals surface area (Å²) in [5.41, 5.74) is 2.49. The quantitative estimate of drug-likeness (QED) is 0.751. The topological polar surface area (TPSA) is 58.6 Å². The van der Waals surface area contributed by atoms with E-state index in [1.165, 1.54) is 11.3 Å². The molecule has 126 valence electrons. The van der Waals surface area contributed by atoms with Crippen LogP contribution in [0.5, 0.6) is 11.5 Å². The summed E-state index contributed by atoms with van der Waals surface area (Å²) in [4.78, 5) is 12.9. The van der Waals surface area contributed by atoms with Crippen LogP contribution in [0.25, 0.3) is 0 Å². The molecule has 1 aromatic heterocycles. The minimum Gasteiger partial charge on any atom is -0.457 e. The Morgan fingerprint density at radius 1 is 1.08 bits per heavy atom. The van der Waals surface area contributed by atoms with Gasteiger partial charge < -0.3 is 15.2 Å². The highest BCUT2D eigenvalue weighted by Crippen LogP contribution is 2.43. The van der Waals surface area contributed by atoms with E-state index in [1.54, 1.807) is 0 Å². The van der Waals surface area contributed by atoms with Crippen LogP contribution in [0.1, 0.15) is 28.7 Å². The van der Waals surface area contributed by atoms with Gasteiger partial charge in [0.2, 0.25) is 5.91 Å². The number of para-hydroxylation sites is 2. The molecule has 2 heterocycles. The number of aliphatic hydroxyl groups is 1. The van der Waals surface area contributed by atoms with Gasteiger partial charge in [-0.1, -0.05) is 36.4 Å². The number of rotatable bonds is 4. The second-order valence-electron chi connectivity index (χ2n) is 5.93. The van der Waals surface area contributed by atoms with Crippen molar-refractivity contribution in [3.8, 4) is 11.5 Å². The molecule has 4 rings (SSSR count). The van der Waals surface area contributed by atoms with Crippen LogP contribution >= 0.6 is 11.3 Å². The van der Waals surface area contributed by atoms with E-state index in [0.717, 1.165) is 16.7 Å². The third kappa shape index (κ3) is 3.04. The molecule has 1 aliphatic heterocycles. The molecule has 0 bridgehead atoms. The lowest BCUT2D eigenvalue weighted by Gasteiger charge is -2.27. The molecule has 1 aliphatic rings.